The van der Waals surface area contributed by atoms with Crippen LogP contribution in [0.25, 0.3) is 0 Å². The second kappa shape index (κ2) is 6.98. The van der Waals surface area contributed by atoms with Gasteiger partial charge in [0.15, 0.2) is 9.84 Å². The fraction of sp³-hybridized carbons (Fsp3) is 0.500. The molecule has 7 nitrogen and oxygen atoms in total. The molecule has 2 rings (SSSR count). The summed E-state index contributed by atoms with van der Waals surface area (Å²) in [5, 5.41) is 8.89. The van der Waals surface area contributed by atoms with E-state index < -0.39 is 25.8 Å². The summed E-state index contributed by atoms with van der Waals surface area (Å²) in [6.45, 7) is 0.191. The maximum Gasteiger partial charge on any atom is 0.335 e. The molecule has 1 atom stereocenters. The van der Waals surface area contributed by atoms with Gasteiger partial charge in [-0.15, -0.1) is 0 Å². The predicted molar refractivity (Wildman–Crippen MR) is 84.6 cm³/mol. The van der Waals surface area contributed by atoms with E-state index in [2.05, 4.69) is 4.72 Å². The molecule has 0 radical (unpaired) electrons. The number of sulfone groups is 1. The lowest BCUT2D eigenvalue weighted by atomic mass is 10.0. The van der Waals surface area contributed by atoms with Gasteiger partial charge in [-0.25, -0.2) is 26.4 Å². The monoisotopic (exact) mass is 361 g/mol. The van der Waals surface area contributed by atoms with Crippen molar-refractivity contribution in [2.45, 2.75) is 24.2 Å². The number of hydrogen-bond acceptors (Lipinski definition) is 5. The van der Waals surface area contributed by atoms with Crippen LogP contribution in [0.15, 0.2) is 29.2 Å². The molecule has 1 heterocycles. The van der Waals surface area contributed by atoms with E-state index >= 15 is 0 Å². The van der Waals surface area contributed by atoms with E-state index in [1.165, 1.54) is 18.2 Å². The van der Waals surface area contributed by atoms with E-state index in [9.17, 15) is 21.6 Å². The largest absolute Gasteiger partial charge is 0.478 e. The number of carbonyl (C=O) groups is 1. The predicted octanol–water partition coefficient (Wildman–Crippen LogP) is 0.878. The molecule has 1 aromatic carbocycles. The lowest BCUT2D eigenvalue weighted by molar-refractivity contribution is 0.0696. The molecule has 1 unspecified atom stereocenters. The van der Waals surface area contributed by atoms with Crippen LogP contribution in [0.2, 0.25) is 0 Å². The first-order valence-corrected chi connectivity index (χ1v) is 10.5. The number of aromatic carboxylic acids is 1. The maximum absolute atomic E-state index is 12.1. The van der Waals surface area contributed by atoms with Crippen molar-refractivity contribution < 1.29 is 26.7 Å². The molecule has 23 heavy (non-hydrogen) atoms. The van der Waals surface area contributed by atoms with Gasteiger partial charge in [-0.1, -0.05) is 6.07 Å². The Morgan fingerprint density at radius 2 is 2.09 bits per heavy atom. The van der Waals surface area contributed by atoms with Gasteiger partial charge in [-0.3, -0.25) is 0 Å². The third-order valence-electron chi connectivity index (χ3n) is 3.80. The average molecular weight is 361 g/mol. The zero-order valence-corrected chi connectivity index (χ0v) is 14.1. The van der Waals surface area contributed by atoms with Gasteiger partial charge in [-0.05, 0) is 43.4 Å². The minimum Gasteiger partial charge on any atom is -0.478 e. The van der Waals surface area contributed by atoms with E-state index in [1.807, 2.05) is 0 Å². The van der Waals surface area contributed by atoms with Crippen molar-refractivity contribution in [3.8, 4) is 0 Å². The highest BCUT2D eigenvalue weighted by Gasteiger charge is 2.27. The van der Waals surface area contributed by atoms with Crippen molar-refractivity contribution in [1.29, 1.82) is 0 Å². The molecular weight excluding hydrogens is 342 g/mol. The van der Waals surface area contributed by atoms with Gasteiger partial charge >= 0.3 is 5.97 Å². The van der Waals surface area contributed by atoms with E-state index in [-0.39, 0.29) is 34.4 Å². The zero-order chi connectivity index (χ0) is 17.1. The molecule has 1 fully saturated rings. The Morgan fingerprint density at radius 1 is 1.35 bits per heavy atom. The molecule has 0 saturated carbocycles. The van der Waals surface area contributed by atoms with E-state index in [0.29, 0.717) is 19.3 Å². The van der Waals surface area contributed by atoms with Crippen LogP contribution >= 0.6 is 0 Å². The summed E-state index contributed by atoms with van der Waals surface area (Å²) in [5.74, 6) is -0.699. The summed E-state index contributed by atoms with van der Waals surface area (Å²) in [7, 11) is -6.68. The Kier molecular flexibility index (Phi) is 5.43. The summed E-state index contributed by atoms with van der Waals surface area (Å²) in [4.78, 5) is 10.8. The van der Waals surface area contributed by atoms with Crippen molar-refractivity contribution in [1.82, 2.24) is 4.72 Å². The molecule has 1 saturated heterocycles. The number of rotatable bonds is 7. The van der Waals surface area contributed by atoms with Gasteiger partial charge in [0.05, 0.1) is 22.0 Å². The molecule has 1 aliphatic rings. The van der Waals surface area contributed by atoms with E-state index in [0.717, 1.165) is 6.07 Å². The van der Waals surface area contributed by atoms with Crippen molar-refractivity contribution in [2.75, 3.05) is 18.1 Å². The normalized spacial score (nSPS) is 20.4. The summed E-state index contributed by atoms with van der Waals surface area (Å²) >= 11 is 0. The van der Waals surface area contributed by atoms with Gasteiger partial charge in [0, 0.05) is 6.54 Å². The van der Waals surface area contributed by atoms with Gasteiger partial charge in [0.1, 0.15) is 0 Å². The van der Waals surface area contributed by atoms with Crippen LogP contribution in [0.3, 0.4) is 0 Å². The quantitative estimate of drug-likeness (QED) is 0.696. The highest BCUT2D eigenvalue weighted by atomic mass is 32.2. The Bertz CT molecular complexity index is 785. The molecular formula is C14H19NO6S2. The van der Waals surface area contributed by atoms with Crippen LogP contribution in [-0.4, -0.2) is 46.0 Å². The van der Waals surface area contributed by atoms with Gasteiger partial charge < -0.3 is 5.11 Å². The van der Waals surface area contributed by atoms with Gasteiger partial charge in [0.2, 0.25) is 10.0 Å². The smallest absolute Gasteiger partial charge is 0.335 e. The molecule has 0 bridgehead atoms. The van der Waals surface area contributed by atoms with Crippen LogP contribution < -0.4 is 4.72 Å². The first-order chi connectivity index (χ1) is 10.7. The summed E-state index contributed by atoms with van der Waals surface area (Å²) < 4.78 is 49.3. The minimum atomic E-state index is -3.77. The van der Waals surface area contributed by atoms with Crippen molar-refractivity contribution >= 4 is 25.8 Å². The van der Waals surface area contributed by atoms with Crippen molar-refractivity contribution in [3.05, 3.63) is 29.8 Å². The molecule has 1 aliphatic heterocycles. The second-order valence-corrected chi connectivity index (χ2v) is 9.64. The van der Waals surface area contributed by atoms with Crippen LogP contribution in [0, 0.1) is 5.92 Å². The van der Waals surface area contributed by atoms with Gasteiger partial charge in [-0.2, -0.15) is 0 Å². The standard InChI is InChI=1S/C14H19NO6S2/c16-14(17)12-4-1-5-13(9-12)23(20,21)15-7-2-3-11-6-8-22(18,19)10-11/h1,4-5,9,11,15H,2-3,6-8,10H2,(H,16,17). The summed E-state index contributed by atoms with van der Waals surface area (Å²) in [6, 6.07) is 5.13. The summed E-state index contributed by atoms with van der Waals surface area (Å²) in [6.07, 6.45) is 1.82. The Labute approximate surface area is 135 Å². The van der Waals surface area contributed by atoms with Crippen LogP contribution in [0.4, 0.5) is 0 Å². The highest BCUT2D eigenvalue weighted by Crippen LogP contribution is 2.22. The summed E-state index contributed by atoms with van der Waals surface area (Å²) in [5.41, 5.74) is -0.0935. The first kappa shape index (κ1) is 17.9. The lowest BCUT2D eigenvalue weighted by Crippen LogP contribution is -2.25. The van der Waals surface area contributed by atoms with E-state index in [4.69, 9.17) is 5.11 Å². The molecule has 2 N–H and O–H groups in total. The molecule has 0 amide bonds. The number of carboxylic acid groups (broad SMARTS) is 1. The first-order valence-electron chi connectivity index (χ1n) is 7.23. The molecule has 0 aliphatic carbocycles. The SMILES string of the molecule is O=C(O)c1cccc(S(=O)(=O)NCCCC2CCS(=O)(=O)C2)c1. The van der Waals surface area contributed by atoms with Gasteiger partial charge in [0.25, 0.3) is 0 Å². The Hall–Kier alpha value is -1.45. The van der Waals surface area contributed by atoms with Crippen LogP contribution in [0.1, 0.15) is 29.6 Å². The average Bonchev–Trinajstić information content (AvgIpc) is 2.83. The Balaban J connectivity index is 1.87. The number of benzene rings is 1. The van der Waals surface area contributed by atoms with Crippen molar-refractivity contribution in [2.24, 2.45) is 5.92 Å². The third-order valence-corrected chi connectivity index (χ3v) is 7.09. The van der Waals surface area contributed by atoms with Crippen LogP contribution in [-0.2, 0) is 19.9 Å². The van der Waals surface area contributed by atoms with E-state index in [1.54, 1.807) is 0 Å². The molecule has 128 valence electrons. The van der Waals surface area contributed by atoms with Crippen LogP contribution in [0.5, 0.6) is 0 Å². The minimum absolute atomic E-state index is 0.0935. The highest BCUT2D eigenvalue weighted by molar-refractivity contribution is 7.91. The Morgan fingerprint density at radius 3 is 2.70 bits per heavy atom. The molecule has 9 heteroatoms. The number of nitrogens with one attached hydrogen (secondary N) is 1. The number of carboxylic acids is 1. The van der Waals surface area contributed by atoms with Crippen molar-refractivity contribution in [3.63, 3.8) is 0 Å². The second-order valence-electron chi connectivity index (χ2n) is 5.64. The molecule has 1 aromatic rings. The lowest BCUT2D eigenvalue weighted by Gasteiger charge is -2.09. The topological polar surface area (TPSA) is 118 Å². The number of hydrogen-bond donors (Lipinski definition) is 2. The third kappa shape index (κ3) is 5.02. The zero-order valence-electron chi connectivity index (χ0n) is 12.4. The number of sulfonamides is 1. The molecule has 0 spiro atoms. The fourth-order valence-corrected chi connectivity index (χ4v) is 5.61. The fourth-order valence-electron chi connectivity index (χ4n) is 2.58. The molecule has 0 aromatic heterocycles. The maximum atomic E-state index is 12.1.